The molecule has 3 N–H and O–H groups in total. The average Bonchev–Trinajstić information content (AvgIpc) is 3.05. The number of morpholine rings is 1. The average molecular weight is 633 g/mol. The highest BCUT2D eigenvalue weighted by atomic mass is 16.5. The van der Waals surface area contributed by atoms with Crippen LogP contribution in [-0.2, 0) is 22.4 Å². The molecule has 0 unspecified atom stereocenters. The smallest absolute Gasteiger partial charge is 0.320 e. The number of hydrogen-bond acceptors (Lipinski definition) is 6. The zero-order valence-corrected chi connectivity index (χ0v) is 27.8. The Hall–Kier alpha value is -3.14. The van der Waals surface area contributed by atoms with Crippen LogP contribution < -0.4 is 15.4 Å². The molecule has 9 heteroatoms. The van der Waals surface area contributed by atoms with E-state index < -0.39 is 18.2 Å². The topological polar surface area (TPSA) is 103 Å². The Bertz CT molecular complexity index is 1360. The van der Waals surface area contributed by atoms with E-state index in [-0.39, 0.29) is 35.5 Å². The van der Waals surface area contributed by atoms with E-state index in [1.165, 1.54) is 12.0 Å². The van der Waals surface area contributed by atoms with Crippen LogP contribution in [0.25, 0.3) is 0 Å². The summed E-state index contributed by atoms with van der Waals surface area (Å²) in [7, 11) is 0. The van der Waals surface area contributed by atoms with Crippen LogP contribution in [0.5, 0.6) is 5.75 Å². The number of amides is 3. The molecule has 2 saturated heterocycles. The number of aryl methyl sites for hydroxylation is 1. The fraction of sp³-hybridized carbons (Fsp3) is 0.622. The maximum atomic E-state index is 13.7. The summed E-state index contributed by atoms with van der Waals surface area (Å²) in [5.74, 6) is 0.639. The van der Waals surface area contributed by atoms with Gasteiger partial charge in [-0.15, -0.1) is 0 Å². The van der Waals surface area contributed by atoms with Crippen molar-refractivity contribution in [3.05, 3.63) is 65.2 Å². The molecule has 3 aliphatic heterocycles. The minimum absolute atomic E-state index is 0.0221. The van der Waals surface area contributed by atoms with Gasteiger partial charge in [0, 0.05) is 44.2 Å². The number of benzene rings is 2. The van der Waals surface area contributed by atoms with Crippen LogP contribution in [0.15, 0.2) is 48.5 Å². The fourth-order valence-electron chi connectivity index (χ4n) is 7.60. The first-order valence-corrected chi connectivity index (χ1v) is 17.4. The summed E-state index contributed by atoms with van der Waals surface area (Å²) in [4.78, 5) is 30.8. The Labute approximate surface area is 274 Å². The van der Waals surface area contributed by atoms with E-state index in [9.17, 15) is 14.7 Å². The van der Waals surface area contributed by atoms with Crippen LogP contribution in [-0.4, -0.2) is 90.0 Å². The van der Waals surface area contributed by atoms with Crippen molar-refractivity contribution in [3.63, 3.8) is 0 Å². The fourth-order valence-corrected chi connectivity index (χ4v) is 7.60. The highest BCUT2D eigenvalue weighted by Gasteiger charge is 2.46. The summed E-state index contributed by atoms with van der Waals surface area (Å²) >= 11 is 0. The standard InChI is InChI=1S/C37H52N4O5/c1-4-26-12-13-32-28(20-26)30(22-37(46-32)15-8-16-37)38-23-31(42)29(21-27-10-6-5-7-11-27)39-34(43)33-24-40(18-19-45-33)35(44)41-17-9-14-36(2,3)25-41/h5-7,10-13,20,29-31,33,38,42H,4,8-9,14-19,21-25H2,1-3H3,(H,39,43)/t29-,30-,31+,33+/m0/s1. The molecule has 4 atom stereocenters. The van der Waals surface area contributed by atoms with E-state index >= 15 is 0 Å². The first-order valence-electron chi connectivity index (χ1n) is 17.4. The van der Waals surface area contributed by atoms with Gasteiger partial charge in [-0.1, -0.05) is 63.2 Å². The number of fused-ring (bicyclic) bond motifs is 1. The zero-order chi connectivity index (χ0) is 32.3. The van der Waals surface area contributed by atoms with Gasteiger partial charge in [0.15, 0.2) is 6.10 Å². The van der Waals surface area contributed by atoms with Crippen LogP contribution in [0, 0.1) is 5.41 Å². The molecule has 46 heavy (non-hydrogen) atoms. The second kappa shape index (κ2) is 13.9. The van der Waals surface area contributed by atoms with Gasteiger partial charge in [0.1, 0.15) is 11.4 Å². The number of urea groups is 1. The number of carbonyl (C=O) groups excluding carboxylic acids is 2. The molecular weight excluding hydrogens is 580 g/mol. The molecule has 3 fully saturated rings. The monoisotopic (exact) mass is 632 g/mol. The minimum Gasteiger partial charge on any atom is -0.487 e. The van der Waals surface area contributed by atoms with E-state index in [0.717, 1.165) is 68.5 Å². The number of nitrogens with zero attached hydrogens (tertiary/aromatic N) is 2. The van der Waals surface area contributed by atoms with Crippen molar-refractivity contribution in [3.8, 4) is 5.75 Å². The van der Waals surface area contributed by atoms with Crippen molar-refractivity contribution in [2.45, 2.75) is 102 Å². The Morgan fingerprint density at radius 2 is 1.83 bits per heavy atom. The lowest BCUT2D eigenvalue weighted by molar-refractivity contribution is -0.139. The van der Waals surface area contributed by atoms with Gasteiger partial charge in [-0.3, -0.25) is 4.79 Å². The molecule has 0 radical (unpaired) electrons. The Morgan fingerprint density at radius 1 is 1.02 bits per heavy atom. The maximum absolute atomic E-state index is 13.7. The third kappa shape index (κ3) is 7.53. The number of likely N-dealkylation sites (tertiary alicyclic amines) is 1. The van der Waals surface area contributed by atoms with Crippen molar-refractivity contribution in [2.24, 2.45) is 5.41 Å². The highest BCUT2D eigenvalue weighted by Crippen LogP contribution is 2.49. The predicted molar refractivity (Wildman–Crippen MR) is 178 cm³/mol. The number of hydrogen-bond donors (Lipinski definition) is 3. The molecule has 250 valence electrons. The number of nitrogens with one attached hydrogen (secondary N) is 2. The number of ether oxygens (including phenoxy) is 2. The molecule has 6 rings (SSSR count). The molecule has 3 amide bonds. The number of carbonyl (C=O) groups is 2. The van der Waals surface area contributed by atoms with Crippen molar-refractivity contribution in [2.75, 3.05) is 39.3 Å². The summed E-state index contributed by atoms with van der Waals surface area (Å²) in [6.07, 6.45) is 6.00. The molecule has 2 aromatic carbocycles. The van der Waals surface area contributed by atoms with Gasteiger partial charge in [-0.05, 0) is 67.6 Å². The van der Waals surface area contributed by atoms with E-state index in [2.05, 4.69) is 49.6 Å². The van der Waals surface area contributed by atoms with Gasteiger partial charge in [0.2, 0.25) is 0 Å². The number of aliphatic hydroxyl groups excluding tert-OH is 1. The third-order valence-electron chi connectivity index (χ3n) is 10.5. The molecule has 0 bridgehead atoms. The summed E-state index contributed by atoms with van der Waals surface area (Å²) in [5.41, 5.74) is 3.39. The van der Waals surface area contributed by atoms with Crippen LogP contribution in [0.4, 0.5) is 4.79 Å². The lowest BCUT2D eigenvalue weighted by atomic mass is 9.72. The molecule has 1 spiro atoms. The molecule has 4 aliphatic rings. The van der Waals surface area contributed by atoms with Crippen molar-refractivity contribution in [1.29, 1.82) is 0 Å². The van der Waals surface area contributed by atoms with E-state index in [1.807, 2.05) is 35.2 Å². The second-order valence-electron chi connectivity index (χ2n) is 14.7. The summed E-state index contributed by atoms with van der Waals surface area (Å²) in [5, 5.41) is 18.4. The summed E-state index contributed by atoms with van der Waals surface area (Å²) in [6, 6.07) is 15.9. The van der Waals surface area contributed by atoms with Crippen molar-refractivity contribution < 1.29 is 24.2 Å². The normalized spacial score (nSPS) is 24.7. The van der Waals surface area contributed by atoms with Gasteiger partial charge < -0.3 is 35.0 Å². The van der Waals surface area contributed by atoms with Crippen LogP contribution in [0.1, 0.15) is 82.0 Å². The molecule has 2 aromatic rings. The van der Waals surface area contributed by atoms with E-state index in [0.29, 0.717) is 26.1 Å². The first kappa shape index (κ1) is 32.8. The Morgan fingerprint density at radius 3 is 2.54 bits per heavy atom. The SMILES string of the molecule is CCc1ccc2c(c1)[C@@H](NC[C@@H](O)[C@H](Cc1ccccc1)NC(=O)[C@H]1CN(C(=O)N3CCCC(C)(C)C3)CCO1)CC1(CCC1)O2. The molecule has 0 aromatic heterocycles. The number of rotatable bonds is 9. The number of aliphatic hydroxyl groups is 1. The quantitative estimate of drug-likeness (QED) is 0.373. The Kier molecular flexibility index (Phi) is 9.92. The maximum Gasteiger partial charge on any atom is 0.320 e. The molecule has 1 saturated carbocycles. The van der Waals surface area contributed by atoms with Gasteiger partial charge >= 0.3 is 6.03 Å². The zero-order valence-electron chi connectivity index (χ0n) is 27.8. The van der Waals surface area contributed by atoms with Crippen LogP contribution >= 0.6 is 0 Å². The van der Waals surface area contributed by atoms with Gasteiger partial charge in [0.05, 0.1) is 25.3 Å². The van der Waals surface area contributed by atoms with Gasteiger partial charge in [-0.2, -0.15) is 0 Å². The molecule has 1 aliphatic carbocycles. The van der Waals surface area contributed by atoms with Crippen LogP contribution in [0.3, 0.4) is 0 Å². The summed E-state index contributed by atoms with van der Waals surface area (Å²) in [6.45, 7) is 9.30. The molecule has 3 heterocycles. The predicted octanol–water partition coefficient (Wildman–Crippen LogP) is 4.62. The molecule has 9 nitrogen and oxygen atoms in total. The minimum atomic E-state index is -0.848. The van der Waals surface area contributed by atoms with Gasteiger partial charge in [0.25, 0.3) is 5.91 Å². The van der Waals surface area contributed by atoms with Crippen molar-refractivity contribution in [1.82, 2.24) is 20.4 Å². The summed E-state index contributed by atoms with van der Waals surface area (Å²) < 4.78 is 12.4. The first-order chi connectivity index (χ1) is 22.1. The van der Waals surface area contributed by atoms with Gasteiger partial charge in [-0.25, -0.2) is 4.79 Å². The lowest BCUT2D eigenvalue weighted by Crippen LogP contribution is -2.59. The third-order valence-corrected chi connectivity index (χ3v) is 10.5. The van der Waals surface area contributed by atoms with E-state index in [1.54, 1.807) is 4.90 Å². The Balaban J connectivity index is 1.12. The van der Waals surface area contributed by atoms with E-state index in [4.69, 9.17) is 9.47 Å². The second-order valence-corrected chi connectivity index (χ2v) is 14.7. The number of piperidine rings is 1. The molecular formula is C37H52N4O5. The van der Waals surface area contributed by atoms with Crippen LogP contribution in [0.2, 0.25) is 0 Å². The highest BCUT2D eigenvalue weighted by molar-refractivity contribution is 5.83. The van der Waals surface area contributed by atoms with Crippen molar-refractivity contribution >= 4 is 11.9 Å². The lowest BCUT2D eigenvalue weighted by Gasteiger charge is -2.48. The largest absolute Gasteiger partial charge is 0.487 e.